The molecule has 0 spiro atoms. The van der Waals surface area contributed by atoms with Crippen LogP contribution in [0.25, 0.3) is 11.1 Å². The molecule has 0 radical (unpaired) electrons. The number of hydrogen-bond donors (Lipinski definition) is 0. The van der Waals surface area contributed by atoms with Crippen LogP contribution in [0.5, 0.6) is 0 Å². The van der Waals surface area contributed by atoms with E-state index in [1.807, 2.05) is 6.07 Å². The van der Waals surface area contributed by atoms with Crippen molar-refractivity contribution in [1.29, 1.82) is 0 Å². The molecule has 0 amide bonds. The van der Waals surface area contributed by atoms with E-state index < -0.39 is 15.8 Å². The summed E-state index contributed by atoms with van der Waals surface area (Å²) >= 11 is 0. The number of aromatic nitrogens is 2. The summed E-state index contributed by atoms with van der Waals surface area (Å²) in [5.74, 6) is -0.437. The second kappa shape index (κ2) is 5.92. The molecule has 0 aliphatic carbocycles. The fourth-order valence-electron chi connectivity index (χ4n) is 4.47. The molecule has 4 heterocycles. The number of hydrogen-bond acceptors (Lipinski definition) is 5. The lowest BCUT2D eigenvalue weighted by Crippen LogP contribution is -2.48. The maximum absolute atomic E-state index is 13.3. The van der Waals surface area contributed by atoms with Crippen LogP contribution < -0.4 is 11.3 Å². The van der Waals surface area contributed by atoms with Crippen LogP contribution in [0.15, 0.2) is 55.3 Å². The molecule has 3 aromatic rings. The van der Waals surface area contributed by atoms with E-state index in [4.69, 9.17) is 4.42 Å². The maximum atomic E-state index is 13.3. The highest BCUT2D eigenvalue weighted by molar-refractivity contribution is 7.89. The van der Waals surface area contributed by atoms with Crippen molar-refractivity contribution < 1.29 is 12.8 Å². The highest BCUT2D eigenvalue weighted by Gasteiger charge is 2.39. The summed E-state index contributed by atoms with van der Waals surface area (Å²) < 4.78 is 36.3. The van der Waals surface area contributed by atoms with E-state index in [-0.39, 0.29) is 27.9 Å². The van der Waals surface area contributed by atoms with Crippen LogP contribution >= 0.6 is 0 Å². The Bertz CT molecular complexity index is 1320. The lowest BCUT2D eigenvalue weighted by atomic mass is 9.84. The van der Waals surface area contributed by atoms with Crippen molar-refractivity contribution in [2.45, 2.75) is 23.8 Å². The predicted octanol–water partition coefficient (Wildman–Crippen LogP) is 1.10. The van der Waals surface area contributed by atoms with Crippen LogP contribution in [0.1, 0.15) is 18.0 Å². The van der Waals surface area contributed by atoms with Crippen molar-refractivity contribution >= 4 is 21.1 Å². The predicted molar refractivity (Wildman–Crippen MR) is 102 cm³/mol. The van der Waals surface area contributed by atoms with E-state index in [0.717, 1.165) is 12.1 Å². The van der Waals surface area contributed by atoms with Gasteiger partial charge in [0.25, 0.3) is 5.56 Å². The van der Waals surface area contributed by atoms with Gasteiger partial charge in [-0.25, -0.2) is 13.2 Å². The molecule has 2 aliphatic heterocycles. The number of fused-ring (bicyclic) bond motifs is 5. The first-order valence-corrected chi connectivity index (χ1v) is 10.6. The molecule has 0 N–H and O–H groups in total. The molecule has 5 rings (SSSR count). The molecule has 2 aliphatic rings. The molecular weight excluding hydrogens is 382 g/mol. The molecule has 146 valence electrons. The monoisotopic (exact) mass is 401 g/mol. The van der Waals surface area contributed by atoms with Gasteiger partial charge in [0.05, 0.1) is 10.4 Å². The maximum Gasteiger partial charge on any atom is 0.419 e. The van der Waals surface area contributed by atoms with Crippen molar-refractivity contribution in [3.63, 3.8) is 0 Å². The van der Waals surface area contributed by atoms with Crippen LogP contribution in [0.2, 0.25) is 0 Å². The summed E-state index contributed by atoms with van der Waals surface area (Å²) in [6.45, 7) is 1.24. The Hall–Kier alpha value is -2.65. The van der Waals surface area contributed by atoms with Gasteiger partial charge in [-0.15, -0.1) is 0 Å². The van der Waals surface area contributed by atoms with Gasteiger partial charge < -0.3 is 8.98 Å². The highest BCUT2D eigenvalue weighted by atomic mass is 32.2. The third kappa shape index (κ3) is 2.50. The molecule has 0 saturated carbocycles. The van der Waals surface area contributed by atoms with Gasteiger partial charge in [0.1, 0.15) is 0 Å². The number of benzene rings is 1. The number of pyridine rings is 1. The van der Waals surface area contributed by atoms with Gasteiger partial charge in [-0.3, -0.25) is 9.36 Å². The summed E-state index contributed by atoms with van der Waals surface area (Å²) in [6, 6.07) is 9.69. The normalized spacial score (nSPS) is 22.3. The Morgan fingerprint density at radius 3 is 2.71 bits per heavy atom. The van der Waals surface area contributed by atoms with Crippen molar-refractivity contribution in [3.8, 4) is 0 Å². The van der Waals surface area contributed by atoms with Crippen LogP contribution in [0.4, 0.5) is 0 Å². The lowest BCUT2D eigenvalue weighted by Gasteiger charge is -2.42. The van der Waals surface area contributed by atoms with Crippen molar-refractivity contribution in [3.05, 3.63) is 63.0 Å². The van der Waals surface area contributed by atoms with Gasteiger partial charge in [-0.05, 0) is 30.5 Å². The van der Waals surface area contributed by atoms with Crippen molar-refractivity contribution in [1.82, 2.24) is 13.4 Å². The largest absolute Gasteiger partial charge is 0.419 e. The Morgan fingerprint density at radius 2 is 1.89 bits per heavy atom. The van der Waals surface area contributed by atoms with Gasteiger partial charge in [-0.1, -0.05) is 6.07 Å². The van der Waals surface area contributed by atoms with Gasteiger partial charge in [0.2, 0.25) is 10.0 Å². The van der Waals surface area contributed by atoms with Crippen molar-refractivity contribution in [2.24, 2.45) is 13.0 Å². The Balaban J connectivity index is 1.53. The second-order valence-electron chi connectivity index (χ2n) is 7.58. The average molecular weight is 401 g/mol. The molecule has 28 heavy (non-hydrogen) atoms. The quantitative estimate of drug-likeness (QED) is 0.641. The minimum absolute atomic E-state index is 0.00503. The van der Waals surface area contributed by atoms with Gasteiger partial charge in [0, 0.05) is 50.4 Å². The molecule has 2 bridgehead atoms. The fraction of sp³-hybridized carbons (Fsp3) is 0.368. The first-order chi connectivity index (χ1) is 13.3. The molecule has 2 aromatic heterocycles. The number of piperidine rings is 1. The average Bonchev–Trinajstić information content (AvgIpc) is 2.96. The van der Waals surface area contributed by atoms with Gasteiger partial charge >= 0.3 is 5.76 Å². The fourth-order valence-corrected chi connectivity index (χ4v) is 6.05. The molecule has 1 aromatic carbocycles. The first-order valence-electron chi connectivity index (χ1n) is 9.14. The van der Waals surface area contributed by atoms with E-state index in [9.17, 15) is 18.0 Å². The minimum Gasteiger partial charge on any atom is -0.408 e. The number of nitrogens with zero attached hydrogens (tertiary/aromatic N) is 3. The molecule has 9 heteroatoms. The van der Waals surface area contributed by atoms with Gasteiger partial charge in [0.15, 0.2) is 5.58 Å². The summed E-state index contributed by atoms with van der Waals surface area (Å²) in [6.07, 6.45) is 0.877. The SMILES string of the molecule is Cn1c(=O)oc2cc(S(=O)(=O)N3C[C@H]4C[C@H](C3)c3cccc(=O)n3C4)ccc21. The van der Waals surface area contributed by atoms with E-state index in [1.165, 1.54) is 21.0 Å². The zero-order chi connectivity index (χ0) is 19.6. The summed E-state index contributed by atoms with van der Waals surface area (Å²) in [5, 5.41) is 0. The van der Waals surface area contributed by atoms with E-state index in [2.05, 4.69) is 0 Å². The number of sulfonamides is 1. The van der Waals surface area contributed by atoms with E-state index in [1.54, 1.807) is 29.8 Å². The van der Waals surface area contributed by atoms with Crippen LogP contribution in [0, 0.1) is 5.92 Å². The van der Waals surface area contributed by atoms with Crippen LogP contribution in [-0.4, -0.2) is 34.9 Å². The van der Waals surface area contributed by atoms with E-state index >= 15 is 0 Å². The smallest absolute Gasteiger partial charge is 0.408 e. The molecule has 1 fully saturated rings. The van der Waals surface area contributed by atoms with E-state index in [0.29, 0.717) is 25.2 Å². The number of aryl methyl sites for hydroxylation is 1. The highest BCUT2D eigenvalue weighted by Crippen LogP contribution is 2.37. The Morgan fingerprint density at radius 1 is 1.07 bits per heavy atom. The lowest BCUT2D eigenvalue weighted by molar-refractivity contribution is 0.186. The summed E-state index contributed by atoms with van der Waals surface area (Å²) in [4.78, 5) is 23.9. The Labute approximate surface area is 160 Å². The molecule has 0 unspecified atom stereocenters. The standard InChI is InChI=1S/C19H19N3O5S/c1-20-16-6-5-14(8-17(16)27-19(20)24)28(25,26)21-9-12-7-13(11-21)15-3-2-4-18(23)22(15)10-12/h2-6,8,12-13H,7,9-11H2,1H3/t12-,13-/m1/s1. The van der Waals surface area contributed by atoms with Crippen LogP contribution in [-0.2, 0) is 23.6 Å². The third-order valence-electron chi connectivity index (χ3n) is 5.85. The first kappa shape index (κ1) is 17.4. The van der Waals surface area contributed by atoms with Gasteiger partial charge in [-0.2, -0.15) is 4.31 Å². The summed E-state index contributed by atoms with van der Waals surface area (Å²) in [7, 11) is -2.16. The van der Waals surface area contributed by atoms with Crippen LogP contribution in [0.3, 0.4) is 0 Å². The summed E-state index contributed by atoms with van der Waals surface area (Å²) in [5.41, 5.74) is 1.66. The molecule has 2 atom stereocenters. The molecular formula is C19H19N3O5S. The zero-order valence-electron chi connectivity index (χ0n) is 15.2. The second-order valence-corrected chi connectivity index (χ2v) is 9.51. The molecule has 8 nitrogen and oxygen atoms in total. The van der Waals surface area contributed by atoms with Crippen molar-refractivity contribution in [2.75, 3.05) is 13.1 Å². The zero-order valence-corrected chi connectivity index (χ0v) is 16.1. The Kier molecular flexibility index (Phi) is 3.69. The topological polar surface area (TPSA) is 94.5 Å². The molecule has 1 saturated heterocycles. The minimum atomic E-state index is -3.74. The third-order valence-corrected chi connectivity index (χ3v) is 7.68. The number of rotatable bonds is 2. The number of oxazole rings is 1.